The van der Waals surface area contributed by atoms with Gasteiger partial charge >= 0.3 is 5.97 Å². The topological polar surface area (TPSA) is 49.8 Å². The highest BCUT2D eigenvalue weighted by Crippen LogP contribution is 2.40. The van der Waals surface area contributed by atoms with Crippen LogP contribution in [-0.4, -0.2) is 36.2 Å². The fourth-order valence-corrected chi connectivity index (χ4v) is 2.33. The third kappa shape index (κ3) is 1.97. The van der Waals surface area contributed by atoms with E-state index in [1.165, 1.54) is 0 Å². The van der Waals surface area contributed by atoms with Crippen molar-refractivity contribution in [2.24, 2.45) is 0 Å². The van der Waals surface area contributed by atoms with Gasteiger partial charge in [0, 0.05) is 11.6 Å². The Morgan fingerprint density at radius 1 is 1.44 bits per heavy atom. The van der Waals surface area contributed by atoms with Crippen LogP contribution >= 0.6 is 0 Å². The van der Waals surface area contributed by atoms with Gasteiger partial charge in [0.15, 0.2) is 0 Å². The summed E-state index contributed by atoms with van der Waals surface area (Å²) in [6.45, 7) is 1.74. The number of likely N-dealkylation sites (N-methyl/N-ethyl adjacent to an activating group) is 1. The number of hydrogen-bond acceptors (Lipinski definition) is 3. The quantitative estimate of drug-likeness (QED) is 0.868. The molecule has 1 aromatic carbocycles. The van der Waals surface area contributed by atoms with Crippen molar-refractivity contribution in [3.05, 3.63) is 29.8 Å². The number of benzene rings is 1. The zero-order valence-corrected chi connectivity index (χ0v) is 11.0. The summed E-state index contributed by atoms with van der Waals surface area (Å²) < 4.78 is 5.30. The van der Waals surface area contributed by atoms with Crippen LogP contribution in [0.25, 0.3) is 0 Å². The van der Waals surface area contributed by atoms with Crippen LogP contribution in [0.5, 0.6) is 5.75 Å². The fraction of sp³-hybridized carbons (Fsp3) is 0.500. The Morgan fingerprint density at radius 2 is 2.06 bits per heavy atom. The van der Waals surface area contributed by atoms with Crippen LogP contribution in [0.15, 0.2) is 24.3 Å². The summed E-state index contributed by atoms with van der Waals surface area (Å²) in [6.07, 6.45) is 2.13. The van der Waals surface area contributed by atoms with Crippen molar-refractivity contribution >= 4 is 5.97 Å². The Hall–Kier alpha value is -1.55. The lowest BCUT2D eigenvalue weighted by molar-refractivity contribution is -0.151. The number of carbonyl (C=O) groups is 1. The number of carboxylic acids is 1. The summed E-state index contributed by atoms with van der Waals surface area (Å²) >= 11 is 0. The molecule has 1 aromatic rings. The summed E-state index contributed by atoms with van der Waals surface area (Å²) in [5.41, 5.74) is -0.345. The first kappa shape index (κ1) is 12.9. The van der Waals surface area contributed by atoms with E-state index >= 15 is 0 Å². The van der Waals surface area contributed by atoms with Crippen LogP contribution in [-0.2, 0) is 10.3 Å². The second-order valence-electron chi connectivity index (χ2n) is 4.92. The predicted octanol–water partition coefficient (Wildman–Crippen LogP) is 2.09. The Morgan fingerprint density at radius 3 is 2.56 bits per heavy atom. The lowest BCUT2D eigenvalue weighted by Crippen LogP contribution is -2.49. The monoisotopic (exact) mass is 249 g/mol. The maximum Gasteiger partial charge on any atom is 0.328 e. The summed E-state index contributed by atoms with van der Waals surface area (Å²) in [5.74, 6) is -0.226. The molecule has 1 unspecified atom stereocenters. The molecule has 0 aromatic heterocycles. The van der Waals surface area contributed by atoms with Gasteiger partial charge in [-0.15, -0.1) is 0 Å². The number of nitrogens with zero attached hydrogens (tertiary/aromatic N) is 1. The molecule has 18 heavy (non-hydrogen) atoms. The number of hydrogen-bond donors (Lipinski definition) is 1. The number of carboxylic acid groups (broad SMARTS) is 1. The van der Waals surface area contributed by atoms with Gasteiger partial charge in [-0.25, -0.2) is 4.79 Å². The minimum absolute atomic E-state index is 0.357. The van der Waals surface area contributed by atoms with Crippen LogP contribution in [0.1, 0.15) is 25.3 Å². The third-order valence-electron chi connectivity index (χ3n) is 3.85. The van der Waals surface area contributed by atoms with E-state index < -0.39 is 11.5 Å². The van der Waals surface area contributed by atoms with Gasteiger partial charge in [-0.2, -0.15) is 0 Å². The molecule has 0 saturated heterocycles. The highest BCUT2D eigenvalue weighted by Gasteiger charge is 2.46. The fourth-order valence-electron chi connectivity index (χ4n) is 2.33. The molecule has 98 valence electrons. The highest BCUT2D eigenvalue weighted by molar-refractivity contribution is 5.81. The van der Waals surface area contributed by atoms with Crippen LogP contribution < -0.4 is 4.74 Å². The molecular formula is C14H19NO3. The number of rotatable bonds is 5. The third-order valence-corrected chi connectivity index (χ3v) is 3.85. The van der Waals surface area contributed by atoms with Crippen LogP contribution in [0.2, 0.25) is 0 Å². The van der Waals surface area contributed by atoms with Gasteiger partial charge in [0.25, 0.3) is 0 Å². The maximum atomic E-state index is 11.8. The highest BCUT2D eigenvalue weighted by atomic mass is 16.5. The van der Waals surface area contributed by atoms with Crippen LogP contribution in [0, 0.1) is 0 Å². The molecule has 0 amide bonds. The number of methoxy groups -OCH3 is 1. The van der Waals surface area contributed by atoms with Crippen LogP contribution in [0.3, 0.4) is 0 Å². The molecule has 1 fully saturated rings. The zero-order chi connectivity index (χ0) is 13.3. The average Bonchev–Trinajstić information content (AvgIpc) is 3.20. The molecule has 4 nitrogen and oxygen atoms in total. The van der Waals surface area contributed by atoms with Crippen LogP contribution in [0.4, 0.5) is 0 Å². The van der Waals surface area contributed by atoms with Crippen molar-refractivity contribution < 1.29 is 14.6 Å². The SMILES string of the molecule is COc1ccccc1C(C)(C(=O)O)N(C)C1CC1. The van der Waals surface area contributed by atoms with Gasteiger partial charge < -0.3 is 9.84 Å². The molecule has 0 spiro atoms. The number of ether oxygens (including phenoxy) is 1. The molecule has 1 aliphatic carbocycles. The van der Waals surface area contributed by atoms with E-state index in [0.717, 1.165) is 12.8 Å². The minimum atomic E-state index is -1.05. The molecular weight excluding hydrogens is 230 g/mol. The molecule has 0 heterocycles. The Balaban J connectivity index is 2.49. The second-order valence-corrected chi connectivity index (χ2v) is 4.92. The molecule has 0 bridgehead atoms. The van der Waals surface area contributed by atoms with Gasteiger partial charge in [-0.1, -0.05) is 18.2 Å². The smallest absolute Gasteiger partial charge is 0.328 e. The van der Waals surface area contributed by atoms with E-state index in [2.05, 4.69) is 0 Å². The minimum Gasteiger partial charge on any atom is -0.496 e. The molecule has 1 atom stereocenters. The molecule has 2 rings (SSSR count). The summed E-state index contributed by atoms with van der Waals surface area (Å²) in [5, 5.41) is 9.66. The van der Waals surface area contributed by atoms with E-state index in [9.17, 15) is 9.90 Å². The number of aliphatic carboxylic acids is 1. The lowest BCUT2D eigenvalue weighted by atomic mass is 9.89. The molecule has 1 aliphatic rings. The standard InChI is InChI=1S/C14H19NO3/c1-14(13(16)17,15(2)10-8-9-10)11-6-4-5-7-12(11)18-3/h4-7,10H,8-9H2,1-3H3,(H,16,17). The predicted molar refractivity (Wildman–Crippen MR) is 68.8 cm³/mol. The molecule has 1 saturated carbocycles. The Kier molecular flexibility index (Phi) is 3.30. The van der Waals surface area contributed by atoms with Gasteiger partial charge in [-0.3, -0.25) is 4.90 Å². The van der Waals surface area contributed by atoms with Gasteiger partial charge in [0.05, 0.1) is 7.11 Å². The lowest BCUT2D eigenvalue weighted by Gasteiger charge is -2.36. The van der Waals surface area contributed by atoms with Crippen molar-refractivity contribution in [3.8, 4) is 5.75 Å². The maximum absolute atomic E-state index is 11.8. The van der Waals surface area contributed by atoms with Crippen molar-refractivity contribution in [2.75, 3.05) is 14.2 Å². The Labute approximate surface area is 107 Å². The first-order valence-corrected chi connectivity index (χ1v) is 6.11. The van der Waals surface area contributed by atoms with Crippen molar-refractivity contribution in [2.45, 2.75) is 31.3 Å². The normalized spacial score (nSPS) is 18.4. The molecule has 1 N–H and O–H groups in total. The summed E-state index contributed by atoms with van der Waals surface area (Å²) in [7, 11) is 3.44. The molecule has 0 aliphatic heterocycles. The summed E-state index contributed by atoms with van der Waals surface area (Å²) in [6, 6.07) is 7.68. The van der Waals surface area contributed by atoms with Crippen molar-refractivity contribution in [1.29, 1.82) is 0 Å². The Bertz CT molecular complexity index is 456. The molecule has 0 radical (unpaired) electrons. The first-order chi connectivity index (χ1) is 8.51. The largest absolute Gasteiger partial charge is 0.496 e. The van der Waals surface area contributed by atoms with Crippen molar-refractivity contribution in [1.82, 2.24) is 4.90 Å². The molecule has 4 heteroatoms. The van der Waals surface area contributed by atoms with E-state index in [4.69, 9.17) is 4.74 Å². The van der Waals surface area contributed by atoms with Gasteiger partial charge in [0.1, 0.15) is 11.3 Å². The van der Waals surface area contributed by atoms with E-state index in [-0.39, 0.29) is 0 Å². The van der Waals surface area contributed by atoms with Gasteiger partial charge in [0.2, 0.25) is 0 Å². The van der Waals surface area contributed by atoms with Crippen molar-refractivity contribution in [3.63, 3.8) is 0 Å². The average molecular weight is 249 g/mol. The second kappa shape index (κ2) is 4.61. The number of para-hydroxylation sites is 1. The van der Waals surface area contributed by atoms with E-state index in [0.29, 0.717) is 17.4 Å². The van der Waals surface area contributed by atoms with Gasteiger partial charge in [-0.05, 0) is 32.9 Å². The zero-order valence-electron chi connectivity index (χ0n) is 11.0. The first-order valence-electron chi connectivity index (χ1n) is 6.11. The van der Waals surface area contributed by atoms with E-state index in [1.807, 2.05) is 30.1 Å². The summed E-state index contributed by atoms with van der Waals surface area (Å²) in [4.78, 5) is 13.7. The van der Waals surface area contributed by atoms with E-state index in [1.54, 1.807) is 20.1 Å².